The molecule has 168 valence electrons. The molecule has 0 radical (unpaired) electrons. The van der Waals surface area contributed by atoms with Gasteiger partial charge in [-0.2, -0.15) is 0 Å². The van der Waals surface area contributed by atoms with E-state index in [4.69, 9.17) is 0 Å². The predicted molar refractivity (Wildman–Crippen MR) is 124 cm³/mol. The summed E-state index contributed by atoms with van der Waals surface area (Å²) in [5.41, 5.74) is 0.822. The van der Waals surface area contributed by atoms with Crippen LogP contribution >= 0.6 is 0 Å². The van der Waals surface area contributed by atoms with Crippen molar-refractivity contribution in [3.63, 3.8) is 0 Å². The van der Waals surface area contributed by atoms with Gasteiger partial charge in [-0.25, -0.2) is 21.1 Å². The Kier molecular flexibility index (Phi) is 6.68. The van der Waals surface area contributed by atoms with E-state index in [0.717, 1.165) is 8.61 Å². The van der Waals surface area contributed by atoms with E-state index in [1.165, 1.54) is 57.5 Å². The number of anilines is 2. The summed E-state index contributed by atoms with van der Waals surface area (Å²) in [4.78, 5) is 12.7. The summed E-state index contributed by atoms with van der Waals surface area (Å²) in [6.45, 7) is 0. The normalized spacial score (nSPS) is 11.9. The number of hydrogen-bond donors (Lipinski definition) is 1. The summed E-state index contributed by atoms with van der Waals surface area (Å²) in [5, 5.41) is 2.59. The topological polar surface area (TPSA) is 104 Å². The van der Waals surface area contributed by atoms with Crippen molar-refractivity contribution < 1.29 is 21.6 Å². The van der Waals surface area contributed by atoms with Crippen molar-refractivity contribution in [1.82, 2.24) is 4.31 Å². The van der Waals surface area contributed by atoms with Gasteiger partial charge in [0.15, 0.2) is 0 Å². The largest absolute Gasteiger partial charge is 0.321 e. The molecule has 0 saturated carbocycles. The molecular weight excluding hydrogens is 450 g/mol. The SMILES string of the molecule is CN(C)S(=O)(=O)c1ccccc1NC(=O)c1ccc(S(=O)(=O)N(C)c2ccccc2)cc1. The molecule has 0 atom stereocenters. The average molecular weight is 474 g/mol. The number of nitrogens with one attached hydrogen (secondary N) is 1. The number of carbonyl (C=O) groups is 1. The number of sulfonamides is 2. The molecule has 32 heavy (non-hydrogen) atoms. The van der Waals surface area contributed by atoms with Crippen LogP contribution in [0, 0.1) is 0 Å². The molecule has 0 unspecified atom stereocenters. The summed E-state index contributed by atoms with van der Waals surface area (Å²) in [6, 6.07) is 20.1. The number of benzene rings is 3. The molecule has 1 amide bonds. The second-order valence-corrected chi connectivity index (χ2v) is 11.2. The third-order valence-electron chi connectivity index (χ3n) is 4.79. The third-order valence-corrected chi connectivity index (χ3v) is 8.46. The first-order chi connectivity index (χ1) is 15.0. The van der Waals surface area contributed by atoms with Gasteiger partial charge >= 0.3 is 0 Å². The lowest BCUT2D eigenvalue weighted by Gasteiger charge is -2.19. The van der Waals surface area contributed by atoms with Gasteiger partial charge < -0.3 is 5.32 Å². The van der Waals surface area contributed by atoms with Crippen molar-refractivity contribution in [3.05, 3.63) is 84.4 Å². The molecular formula is C22H23N3O5S2. The van der Waals surface area contributed by atoms with Gasteiger partial charge in [0.1, 0.15) is 4.90 Å². The Morgan fingerprint density at radius 2 is 1.28 bits per heavy atom. The van der Waals surface area contributed by atoms with Crippen LogP contribution < -0.4 is 9.62 Å². The Hall–Kier alpha value is -3.21. The fourth-order valence-corrected chi connectivity index (χ4v) is 5.14. The smallest absolute Gasteiger partial charge is 0.264 e. The lowest BCUT2D eigenvalue weighted by Crippen LogP contribution is -2.26. The standard InChI is InChI=1S/C22H23N3O5S2/c1-24(2)32(29,30)21-12-8-7-11-20(21)23-22(26)17-13-15-19(16-14-17)31(27,28)25(3)18-9-5-4-6-10-18/h4-16H,1-3H3,(H,23,26). The zero-order chi connectivity index (χ0) is 23.5. The van der Waals surface area contributed by atoms with Crippen LogP contribution in [0.1, 0.15) is 10.4 Å². The van der Waals surface area contributed by atoms with Gasteiger partial charge in [0, 0.05) is 26.7 Å². The van der Waals surface area contributed by atoms with Crippen molar-refractivity contribution in [1.29, 1.82) is 0 Å². The maximum atomic E-state index is 12.9. The fraction of sp³-hybridized carbons (Fsp3) is 0.136. The second kappa shape index (κ2) is 9.11. The molecule has 3 aromatic carbocycles. The number of amides is 1. The highest BCUT2D eigenvalue weighted by atomic mass is 32.2. The Labute approximate surface area is 188 Å². The molecule has 3 aromatic rings. The van der Waals surface area contributed by atoms with Crippen LogP contribution in [0.3, 0.4) is 0 Å². The molecule has 0 aliphatic carbocycles. The molecule has 0 aromatic heterocycles. The minimum atomic E-state index is -3.81. The summed E-state index contributed by atoms with van der Waals surface area (Å²) in [5.74, 6) is -0.563. The molecule has 0 saturated heterocycles. The molecule has 8 nitrogen and oxygen atoms in total. The van der Waals surface area contributed by atoms with E-state index in [1.54, 1.807) is 42.5 Å². The van der Waals surface area contributed by atoms with Gasteiger partial charge in [-0.05, 0) is 48.5 Å². The van der Waals surface area contributed by atoms with Crippen LogP contribution in [-0.4, -0.2) is 48.2 Å². The molecule has 0 spiro atoms. The number of rotatable bonds is 7. The maximum absolute atomic E-state index is 12.9. The number of nitrogens with zero attached hydrogens (tertiary/aromatic N) is 2. The molecule has 0 aliphatic heterocycles. The molecule has 1 N–H and O–H groups in total. The Morgan fingerprint density at radius 3 is 1.88 bits per heavy atom. The summed E-state index contributed by atoms with van der Waals surface area (Å²) in [6.07, 6.45) is 0. The lowest BCUT2D eigenvalue weighted by molar-refractivity contribution is 0.102. The van der Waals surface area contributed by atoms with Crippen molar-refractivity contribution in [2.45, 2.75) is 9.79 Å². The predicted octanol–water partition coefficient (Wildman–Crippen LogP) is 3.01. The minimum absolute atomic E-state index is 0.0241. The fourth-order valence-electron chi connectivity index (χ4n) is 2.90. The van der Waals surface area contributed by atoms with Crippen LogP contribution in [0.2, 0.25) is 0 Å². The monoisotopic (exact) mass is 473 g/mol. The Bertz CT molecular complexity index is 1320. The molecule has 3 rings (SSSR count). The van der Waals surface area contributed by atoms with Crippen molar-refractivity contribution in [2.24, 2.45) is 0 Å². The highest BCUT2D eigenvalue weighted by molar-refractivity contribution is 7.92. The lowest BCUT2D eigenvalue weighted by atomic mass is 10.2. The minimum Gasteiger partial charge on any atom is -0.321 e. The summed E-state index contributed by atoms with van der Waals surface area (Å²) < 4.78 is 53.0. The van der Waals surface area contributed by atoms with Crippen LogP contribution in [-0.2, 0) is 20.0 Å². The highest BCUT2D eigenvalue weighted by Crippen LogP contribution is 2.25. The quantitative estimate of drug-likeness (QED) is 0.568. The van der Waals surface area contributed by atoms with Gasteiger partial charge in [-0.3, -0.25) is 9.10 Å². The van der Waals surface area contributed by atoms with Crippen LogP contribution in [0.4, 0.5) is 11.4 Å². The number of para-hydroxylation sites is 2. The first-order valence-corrected chi connectivity index (χ1v) is 12.4. The first-order valence-electron chi connectivity index (χ1n) is 9.52. The van der Waals surface area contributed by atoms with Crippen LogP contribution in [0.15, 0.2) is 88.7 Å². The van der Waals surface area contributed by atoms with Crippen molar-refractivity contribution in [3.8, 4) is 0 Å². The van der Waals surface area contributed by atoms with E-state index in [-0.39, 0.29) is 21.0 Å². The zero-order valence-corrected chi connectivity index (χ0v) is 19.4. The van der Waals surface area contributed by atoms with E-state index >= 15 is 0 Å². The van der Waals surface area contributed by atoms with Gasteiger partial charge in [0.2, 0.25) is 10.0 Å². The van der Waals surface area contributed by atoms with Crippen molar-refractivity contribution >= 4 is 37.3 Å². The van der Waals surface area contributed by atoms with Gasteiger partial charge in [0.05, 0.1) is 16.3 Å². The van der Waals surface area contributed by atoms with Gasteiger partial charge in [-0.15, -0.1) is 0 Å². The van der Waals surface area contributed by atoms with E-state index < -0.39 is 26.0 Å². The van der Waals surface area contributed by atoms with Gasteiger partial charge in [0.25, 0.3) is 15.9 Å². The zero-order valence-electron chi connectivity index (χ0n) is 17.8. The van der Waals surface area contributed by atoms with Crippen LogP contribution in [0.5, 0.6) is 0 Å². The van der Waals surface area contributed by atoms with Crippen molar-refractivity contribution in [2.75, 3.05) is 30.8 Å². The second-order valence-electron chi connectivity index (χ2n) is 7.07. The van der Waals surface area contributed by atoms with E-state index in [0.29, 0.717) is 5.69 Å². The Balaban J connectivity index is 1.84. The van der Waals surface area contributed by atoms with Crippen LogP contribution in [0.25, 0.3) is 0 Å². The molecule has 0 bridgehead atoms. The highest BCUT2D eigenvalue weighted by Gasteiger charge is 2.23. The average Bonchev–Trinajstić information content (AvgIpc) is 2.79. The molecule has 10 heteroatoms. The van der Waals surface area contributed by atoms with E-state index in [2.05, 4.69) is 5.32 Å². The summed E-state index contributed by atoms with van der Waals surface area (Å²) in [7, 11) is -3.32. The first kappa shape index (κ1) is 23.5. The molecule has 0 aliphatic rings. The van der Waals surface area contributed by atoms with E-state index in [1.807, 2.05) is 0 Å². The molecule has 0 fully saturated rings. The third kappa shape index (κ3) is 4.67. The molecule has 0 heterocycles. The van der Waals surface area contributed by atoms with E-state index in [9.17, 15) is 21.6 Å². The maximum Gasteiger partial charge on any atom is 0.264 e. The number of hydrogen-bond acceptors (Lipinski definition) is 5. The summed E-state index contributed by atoms with van der Waals surface area (Å²) >= 11 is 0. The number of carbonyl (C=O) groups excluding carboxylic acids is 1. The van der Waals surface area contributed by atoms with Gasteiger partial charge in [-0.1, -0.05) is 30.3 Å². The Morgan fingerprint density at radius 1 is 0.719 bits per heavy atom.